The van der Waals surface area contributed by atoms with Gasteiger partial charge < -0.3 is 19.1 Å². The van der Waals surface area contributed by atoms with Crippen molar-refractivity contribution in [1.29, 1.82) is 0 Å². The summed E-state index contributed by atoms with van der Waals surface area (Å²) in [6.07, 6.45) is 1.34. The number of aliphatic hydroxyl groups is 1. The van der Waals surface area contributed by atoms with E-state index in [4.69, 9.17) is 19.7 Å². The Hall–Kier alpha value is -3.85. The monoisotopic (exact) mass is 818 g/mol. The predicted molar refractivity (Wildman–Crippen MR) is 211 cm³/mol. The third-order valence-corrected chi connectivity index (χ3v) is 11.6. The van der Waals surface area contributed by atoms with Crippen LogP contribution >= 0.6 is 34.4 Å². The molecule has 0 atom stereocenters. The van der Waals surface area contributed by atoms with E-state index < -0.39 is 0 Å². The second-order valence-electron chi connectivity index (χ2n) is 13.2. The molecule has 0 radical (unpaired) electrons. The molecule has 8 bridgehead atoms. The third kappa shape index (κ3) is 6.78. The minimum atomic E-state index is -0.362. The fourth-order valence-electron chi connectivity index (χ4n) is 7.44. The van der Waals surface area contributed by atoms with Gasteiger partial charge in [-0.1, -0.05) is 59.0 Å². The zero-order valence-electron chi connectivity index (χ0n) is 29.7. The first-order valence-electron chi connectivity index (χ1n) is 17.2. The predicted octanol–water partition coefficient (Wildman–Crippen LogP) is 7.20. The summed E-state index contributed by atoms with van der Waals surface area (Å²) in [6, 6.07) is 19.2. The van der Waals surface area contributed by atoms with Crippen molar-refractivity contribution in [2.45, 2.75) is 54.5 Å². The van der Waals surface area contributed by atoms with Gasteiger partial charge >= 0.3 is 5.97 Å². The van der Waals surface area contributed by atoms with Gasteiger partial charge in [0.15, 0.2) is 0 Å². The van der Waals surface area contributed by atoms with E-state index in [1.165, 1.54) is 7.11 Å². The van der Waals surface area contributed by atoms with Crippen LogP contribution < -0.4 is 4.74 Å². The molecule has 1 N–H and O–H groups in total. The summed E-state index contributed by atoms with van der Waals surface area (Å²) in [6.45, 7) is 4.15. The molecule has 0 saturated carbocycles. The van der Waals surface area contributed by atoms with E-state index in [1.54, 1.807) is 11.8 Å². The van der Waals surface area contributed by atoms with Gasteiger partial charge in [0, 0.05) is 75.5 Å². The quantitative estimate of drug-likeness (QED) is 0.113. The molecule has 1 aliphatic heterocycles. The highest BCUT2D eigenvalue weighted by molar-refractivity contribution is 14.1. The van der Waals surface area contributed by atoms with Gasteiger partial charge in [0.25, 0.3) is 0 Å². The maximum Gasteiger partial charge on any atom is 0.354 e. The molecule has 0 aliphatic carbocycles. The number of nitrogens with zero attached hydrogens (tertiary/aromatic N) is 6. The van der Waals surface area contributed by atoms with E-state index in [0.717, 1.165) is 87.5 Å². The minimum Gasteiger partial charge on any atom is -0.493 e. The van der Waals surface area contributed by atoms with Crippen molar-refractivity contribution >= 4 is 62.0 Å². The van der Waals surface area contributed by atoms with E-state index in [9.17, 15) is 9.90 Å². The topological polar surface area (TPSA) is 99.6 Å². The number of benzene rings is 3. The summed E-state index contributed by atoms with van der Waals surface area (Å²) in [7, 11) is 7.50. The summed E-state index contributed by atoms with van der Waals surface area (Å²) in [4.78, 5) is 16.9. The number of carbonyl (C=O) groups excluding carboxylic acids is 1. The van der Waals surface area contributed by atoms with Crippen molar-refractivity contribution in [3.05, 3.63) is 94.2 Å². The third-order valence-electron chi connectivity index (χ3n) is 9.80. The number of thioether (sulfide) groups is 1. The molecular weight excluding hydrogens is 775 g/mol. The van der Waals surface area contributed by atoms with Crippen LogP contribution in [0.2, 0.25) is 0 Å². The number of fused-ring (bicyclic) bond motifs is 8. The van der Waals surface area contributed by atoms with Crippen LogP contribution in [0, 0.1) is 6.92 Å². The second kappa shape index (κ2) is 15.0. The lowest BCUT2D eigenvalue weighted by Crippen LogP contribution is -2.19. The van der Waals surface area contributed by atoms with E-state index in [1.807, 2.05) is 34.1 Å². The highest BCUT2D eigenvalue weighted by atomic mass is 127. The normalized spacial score (nSPS) is 14.4. The Balaban J connectivity index is 1.41. The molecule has 266 valence electrons. The number of hydrogen-bond acceptors (Lipinski definition) is 8. The van der Waals surface area contributed by atoms with Crippen molar-refractivity contribution in [1.82, 2.24) is 29.0 Å². The molecule has 0 spiro atoms. The van der Waals surface area contributed by atoms with Crippen LogP contribution in [0.1, 0.15) is 50.8 Å². The van der Waals surface area contributed by atoms with Gasteiger partial charge in [-0.3, -0.25) is 14.3 Å². The Kier molecular flexibility index (Phi) is 10.5. The molecule has 3 aromatic heterocycles. The molecule has 12 heteroatoms. The summed E-state index contributed by atoms with van der Waals surface area (Å²) < 4.78 is 18.6. The van der Waals surface area contributed by atoms with Crippen molar-refractivity contribution in [2.24, 2.45) is 14.1 Å². The Morgan fingerprint density at radius 1 is 1.04 bits per heavy atom. The fourth-order valence-corrected chi connectivity index (χ4v) is 9.06. The van der Waals surface area contributed by atoms with Gasteiger partial charge in [-0.05, 0) is 61.5 Å². The zero-order valence-corrected chi connectivity index (χ0v) is 32.7. The molecule has 6 aromatic rings. The van der Waals surface area contributed by atoms with Crippen LogP contribution in [0.4, 0.5) is 0 Å². The number of carbonyl (C=O) groups is 1. The summed E-state index contributed by atoms with van der Waals surface area (Å²) in [5.74, 6) is 1.27. The molecule has 10 nitrogen and oxygen atoms in total. The Bertz CT molecular complexity index is 2260. The smallest absolute Gasteiger partial charge is 0.354 e. The molecule has 0 unspecified atom stereocenters. The molecule has 3 aromatic carbocycles. The van der Waals surface area contributed by atoms with Gasteiger partial charge in [-0.15, -0.1) is 11.8 Å². The van der Waals surface area contributed by atoms with Gasteiger partial charge in [0.05, 0.1) is 43.8 Å². The number of aromatic nitrogens is 5. The fraction of sp³-hybridized carbons (Fsp3) is 0.359. The second-order valence-corrected chi connectivity index (χ2v) is 15.0. The van der Waals surface area contributed by atoms with E-state index in [-0.39, 0.29) is 12.6 Å². The number of halogens is 1. The Morgan fingerprint density at radius 2 is 1.86 bits per heavy atom. The lowest BCUT2D eigenvalue weighted by Gasteiger charge is -2.17. The number of aryl methyl sites for hydroxylation is 3. The number of methoxy groups -OCH3 is 1. The summed E-state index contributed by atoms with van der Waals surface area (Å²) >= 11 is 4.19. The molecule has 1 aliphatic rings. The molecule has 4 heterocycles. The number of hydrogen-bond donors (Lipinski definition) is 1. The molecular formula is C39H43IN6O4S. The average molecular weight is 819 g/mol. The number of esters is 1. The molecule has 0 amide bonds. The number of rotatable bonds is 4. The Labute approximate surface area is 315 Å². The van der Waals surface area contributed by atoms with Gasteiger partial charge in [0.1, 0.15) is 11.4 Å². The van der Waals surface area contributed by atoms with Crippen LogP contribution in [-0.4, -0.2) is 67.5 Å². The van der Waals surface area contributed by atoms with E-state index in [0.29, 0.717) is 44.8 Å². The largest absolute Gasteiger partial charge is 0.493 e. The van der Waals surface area contributed by atoms with Gasteiger partial charge in [-0.25, -0.2) is 4.79 Å². The number of aliphatic hydroxyl groups excluding tert-OH is 1. The van der Waals surface area contributed by atoms with Crippen molar-refractivity contribution < 1.29 is 19.4 Å². The van der Waals surface area contributed by atoms with Crippen LogP contribution in [-0.2, 0) is 55.1 Å². The van der Waals surface area contributed by atoms with Gasteiger partial charge in [0.2, 0.25) is 0 Å². The molecule has 0 saturated heterocycles. The standard InChI is InChI=1S/C39H43IN6O4S/c1-24-35-33(42-46(24)14-15-47)22-43(2)21-27-18-28(45(4)41-27)23-51-29-17-25-9-6-7-10-30(25)34(19-29)50-16-8-11-31-32-13-12-26(20-40)36(35)37(32)44(3)38(31)39(48)49-5/h6-7,9-10,12-13,17-19,47H,8,11,14-16,20-23H2,1-5H3. The first-order valence-corrected chi connectivity index (χ1v) is 19.7. The van der Waals surface area contributed by atoms with E-state index >= 15 is 0 Å². The first-order chi connectivity index (χ1) is 24.7. The lowest BCUT2D eigenvalue weighted by atomic mass is 9.94. The van der Waals surface area contributed by atoms with Crippen LogP contribution in [0.5, 0.6) is 5.75 Å². The summed E-state index contributed by atoms with van der Waals surface area (Å²) in [5.41, 5.74) is 9.77. The van der Waals surface area contributed by atoms with Crippen LogP contribution in [0.25, 0.3) is 32.8 Å². The van der Waals surface area contributed by atoms with Crippen LogP contribution in [0.3, 0.4) is 0 Å². The molecule has 51 heavy (non-hydrogen) atoms. The lowest BCUT2D eigenvalue weighted by molar-refractivity contribution is 0.0589. The van der Waals surface area contributed by atoms with Crippen molar-refractivity contribution in [3.8, 4) is 16.9 Å². The minimum absolute atomic E-state index is 0.0163. The van der Waals surface area contributed by atoms with Gasteiger partial charge in [-0.2, -0.15) is 10.2 Å². The number of alkyl halides is 1. The van der Waals surface area contributed by atoms with Crippen molar-refractivity contribution in [2.75, 3.05) is 27.4 Å². The Morgan fingerprint density at radius 3 is 2.65 bits per heavy atom. The first kappa shape index (κ1) is 35.5. The van der Waals surface area contributed by atoms with E-state index in [2.05, 4.69) is 90.0 Å². The molecule has 7 rings (SSSR count). The number of ether oxygens (including phenoxy) is 2. The maximum absolute atomic E-state index is 13.5. The zero-order chi connectivity index (χ0) is 35.8. The average Bonchev–Trinajstić information content (AvgIpc) is 3.73. The molecule has 0 fully saturated rings. The van der Waals surface area contributed by atoms with Crippen LogP contribution in [0.15, 0.2) is 59.5 Å². The SMILES string of the molecule is COC(=O)c1c2c3ccc(CI)c(c3n1C)-c1c(nn(CCO)c1C)CN(C)Cc1cc(n(C)n1)CSc1cc(c3ccccc3c1)OCCC2. The summed E-state index contributed by atoms with van der Waals surface area (Å²) in [5, 5.41) is 23.2. The van der Waals surface area contributed by atoms with Crippen molar-refractivity contribution in [3.63, 3.8) is 0 Å². The highest BCUT2D eigenvalue weighted by Crippen LogP contribution is 2.41. The maximum atomic E-state index is 13.5. The highest BCUT2D eigenvalue weighted by Gasteiger charge is 2.28.